The number of hydrogen-bond donors (Lipinski definition) is 1. The molecule has 1 N–H and O–H groups in total. The average Bonchev–Trinajstić information content (AvgIpc) is 3.17. The summed E-state index contributed by atoms with van der Waals surface area (Å²) in [4.78, 5) is 0. The molecule has 0 saturated heterocycles. The van der Waals surface area contributed by atoms with Crippen LogP contribution in [0.15, 0.2) is 30.3 Å². The first-order chi connectivity index (χ1) is 9.04. The summed E-state index contributed by atoms with van der Waals surface area (Å²) in [6.45, 7) is 0.659. The molecule has 0 aliphatic heterocycles. The highest BCUT2D eigenvalue weighted by atomic mass is 19.4. The summed E-state index contributed by atoms with van der Waals surface area (Å²) in [5.74, 6) is 0.833. The largest absolute Gasteiger partial charge is 0.390 e. The monoisotopic (exact) mass is 271 g/mol. The van der Waals surface area contributed by atoms with Gasteiger partial charge in [-0.2, -0.15) is 13.2 Å². The quantitative estimate of drug-likeness (QED) is 0.722. The molecule has 0 amide bonds. The molecule has 1 atom stereocenters. The molecule has 106 valence electrons. The van der Waals surface area contributed by atoms with Crippen molar-refractivity contribution in [2.45, 2.75) is 44.3 Å². The maximum Gasteiger partial charge on any atom is 0.390 e. The van der Waals surface area contributed by atoms with Crippen LogP contribution in [0.5, 0.6) is 0 Å². The van der Waals surface area contributed by atoms with Gasteiger partial charge in [0.25, 0.3) is 0 Å². The summed E-state index contributed by atoms with van der Waals surface area (Å²) in [5, 5.41) is 3.06. The highest BCUT2D eigenvalue weighted by Gasteiger charge is 2.32. The summed E-state index contributed by atoms with van der Waals surface area (Å²) >= 11 is 0. The lowest BCUT2D eigenvalue weighted by atomic mass is 10.0. The molecule has 0 heterocycles. The molecule has 1 fully saturated rings. The van der Waals surface area contributed by atoms with Crippen molar-refractivity contribution in [3.63, 3.8) is 0 Å². The normalized spacial score (nSPS) is 17.4. The van der Waals surface area contributed by atoms with E-state index in [9.17, 15) is 13.2 Å². The minimum atomic E-state index is -4.13. The number of rotatable bonds is 7. The summed E-state index contributed by atoms with van der Waals surface area (Å²) < 4.78 is 37.8. The minimum Gasteiger partial charge on any atom is -0.310 e. The molecule has 1 aromatic carbocycles. The van der Waals surface area contributed by atoms with Crippen LogP contribution >= 0.6 is 0 Å². The van der Waals surface area contributed by atoms with E-state index in [0.717, 1.165) is 18.8 Å². The second-order valence-corrected chi connectivity index (χ2v) is 5.32. The summed E-state index contributed by atoms with van der Waals surface area (Å²) in [6, 6.07) is 8.27. The molecule has 1 aliphatic rings. The third-order valence-corrected chi connectivity index (χ3v) is 3.51. The van der Waals surface area contributed by atoms with Gasteiger partial charge < -0.3 is 5.32 Å². The molecule has 0 spiro atoms. The van der Waals surface area contributed by atoms with Crippen molar-refractivity contribution in [2.75, 3.05) is 6.54 Å². The zero-order valence-corrected chi connectivity index (χ0v) is 10.9. The Kier molecular flexibility index (Phi) is 4.86. The van der Waals surface area contributed by atoms with Gasteiger partial charge in [0, 0.05) is 6.04 Å². The van der Waals surface area contributed by atoms with Crippen LogP contribution in [-0.2, 0) is 0 Å². The van der Waals surface area contributed by atoms with E-state index in [4.69, 9.17) is 0 Å². The fourth-order valence-electron chi connectivity index (χ4n) is 2.30. The van der Waals surface area contributed by atoms with E-state index < -0.39 is 18.6 Å². The Morgan fingerprint density at radius 3 is 2.42 bits per heavy atom. The van der Waals surface area contributed by atoms with Crippen molar-refractivity contribution in [3.8, 4) is 0 Å². The van der Waals surface area contributed by atoms with E-state index in [1.54, 1.807) is 24.3 Å². The van der Waals surface area contributed by atoms with Crippen LogP contribution in [0.4, 0.5) is 13.2 Å². The maximum atomic E-state index is 12.6. The summed E-state index contributed by atoms with van der Waals surface area (Å²) in [5.41, 5.74) is 0.714. The van der Waals surface area contributed by atoms with Gasteiger partial charge in [0.15, 0.2) is 0 Å². The lowest BCUT2D eigenvalue weighted by Crippen LogP contribution is -2.27. The van der Waals surface area contributed by atoms with Crippen LogP contribution in [-0.4, -0.2) is 12.7 Å². The average molecular weight is 271 g/mol. The van der Waals surface area contributed by atoms with Gasteiger partial charge >= 0.3 is 6.18 Å². The Balaban J connectivity index is 1.85. The smallest absolute Gasteiger partial charge is 0.310 e. The lowest BCUT2D eigenvalue weighted by molar-refractivity contribution is -0.140. The van der Waals surface area contributed by atoms with Crippen LogP contribution in [0.25, 0.3) is 0 Å². The first-order valence-corrected chi connectivity index (χ1v) is 6.90. The molecule has 1 aromatic rings. The molecule has 4 heteroatoms. The molecule has 1 saturated carbocycles. The first kappa shape index (κ1) is 14.4. The van der Waals surface area contributed by atoms with Crippen molar-refractivity contribution in [1.82, 2.24) is 5.32 Å². The molecule has 2 rings (SSSR count). The van der Waals surface area contributed by atoms with Crippen molar-refractivity contribution in [3.05, 3.63) is 35.9 Å². The summed E-state index contributed by atoms with van der Waals surface area (Å²) in [7, 11) is 0. The molecule has 1 unspecified atom stereocenters. The minimum absolute atomic E-state index is 0.625. The molecule has 1 aliphatic carbocycles. The number of hydrogen-bond acceptors (Lipinski definition) is 1. The standard InChI is InChI=1S/C15H20F3N/c16-15(17,18)11-14(13-6-2-1-3-7-13)19-10-4-5-12-8-9-12/h1-3,6-7,12,14,19H,4-5,8-11H2. The zero-order chi connectivity index (χ0) is 13.7. The highest BCUT2D eigenvalue weighted by molar-refractivity contribution is 5.19. The van der Waals surface area contributed by atoms with Crippen LogP contribution in [0.1, 0.15) is 43.7 Å². The van der Waals surface area contributed by atoms with Gasteiger partial charge in [-0.05, 0) is 30.9 Å². The van der Waals surface area contributed by atoms with Crippen molar-refractivity contribution in [1.29, 1.82) is 0 Å². The van der Waals surface area contributed by atoms with Gasteiger partial charge in [-0.15, -0.1) is 0 Å². The molecular formula is C15H20F3N. The molecule has 0 aromatic heterocycles. The Hall–Kier alpha value is -1.03. The second-order valence-electron chi connectivity index (χ2n) is 5.32. The third kappa shape index (κ3) is 5.64. The fraction of sp³-hybridized carbons (Fsp3) is 0.600. The Morgan fingerprint density at radius 1 is 1.16 bits per heavy atom. The van der Waals surface area contributed by atoms with E-state index in [1.165, 1.54) is 12.8 Å². The summed E-state index contributed by atoms with van der Waals surface area (Å²) in [6.07, 6.45) is -0.244. The van der Waals surface area contributed by atoms with Crippen molar-refractivity contribution < 1.29 is 13.2 Å². The van der Waals surface area contributed by atoms with Crippen molar-refractivity contribution >= 4 is 0 Å². The predicted molar refractivity (Wildman–Crippen MR) is 69.8 cm³/mol. The Bertz CT molecular complexity index is 371. The Morgan fingerprint density at radius 2 is 1.84 bits per heavy atom. The number of alkyl halides is 3. The second kappa shape index (κ2) is 6.42. The van der Waals surface area contributed by atoms with Crippen LogP contribution in [0.3, 0.4) is 0 Å². The molecular weight excluding hydrogens is 251 g/mol. The van der Waals surface area contributed by atoms with Crippen LogP contribution in [0.2, 0.25) is 0 Å². The van der Waals surface area contributed by atoms with E-state index >= 15 is 0 Å². The number of halogens is 3. The van der Waals surface area contributed by atoms with Crippen LogP contribution < -0.4 is 5.32 Å². The maximum absolute atomic E-state index is 12.6. The van der Waals surface area contributed by atoms with Crippen LogP contribution in [0, 0.1) is 5.92 Å². The fourth-order valence-corrected chi connectivity index (χ4v) is 2.30. The topological polar surface area (TPSA) is 12.0 Å². The highest BCUT2D eigenvalue weighted by Crippen LogP contribution is 2.33. The van der Waals surface area contributed by atoms with Crippen molar-refractivity contribution in [2.24, 2.45) is 5.92 Å². The van der Waals surface area contributed by atoms with E-state index in [-0.39, 0.29) is 0 Å². The lowest BCUT2D eigenvalue weighted by Gasteiger charge is -2.20. The molecule has 0 bridgehead atoms. The molecule has 0 radical (unpaired) electrons. The SMILES string of the molecule is FC(F)(F)CC(NCCCC1CC1)c1ccccc1. The molecule has 19 heavy (non-hydrogen) atoms. The predicted octanol–water partition coefficient (Wildman–Crippen LogP) is 4.46. The number of benzene rings is 1. The third-order valence-electron chi connectivity index (χ3n) is 3.51. The van der Waals surface area contributed by atoms with Gasteiger partial charge in [-0.3, -0.25) is 0 Å². The van der Waals surface area contributed by atoms with Gasteiger partial charge in [0.05, 0.1) is 6.42 Å². The van der Waals surface area contributed by atoms with Gasteiger partial charge in [-0.1, -0.05) is 43.2 Å². The number of nitrogens with one attached hydrogen (secondary N) is 1. The van der Waals surface area contributed by atoms with E-state index in [1.807, 2.05) is 6.07 Å². The van der Waals surface area contributed by atoms with Gasteiger partial charge in [-0.25, -0.2) is 0 Å². The first-order valence-electron chi connectivity index (χ1n) is 6.90. The van der Waals surface area contributed by atoms with Gasteiger partial charge in [0.2, 0.25) is 0 Å². The van der Waals surface area contributed by atoms with E-state index in [0.29, 0.717) is 12.1 Å². The van der Waals surface area contributed by atoms with Gasteiger partial charge in [0.1, 0.15) is 0 Å². The van der Waals surface area contributed by atoms with E-state index in [2.05, 4.69) is 5.32 Å². The molecule has 1 nitrogen and oxygen atoms in total. The zero-order valence-electron chi connectivity index (χ0n) is 10.9. The Labute approximate surface area is 112 Å².